The lowest BCUT2D eigenvalue weighted by molar-refractivity contribution is 0.141. The molecule has 1 aromatic heterocycles. The Balaban J connectivity index is 2.64. The number of nitrogens with one attached hydrogen (secondary N) is 1. The van der Waals surface area contributed by atoms with Crippen LogP contribution in [-0.4, -0.2) is 29.0 Å². The first-order valence-electron chi connectivity index (χ1n) is 9.96. The van der Waals surface area contributed by atoms with Crippen LogP contribution in [0.5, 0.6) is 0 Å². The van der Waals surface area contributed by atoms with Crippen LogP contribution >= 0.6 is 11.6 Å². The van der Waals surface area contributed by atoms with Crippen LogP contribution in [0.1, 0.15) is 24.5 Å². The molecule has 6 heteroatoms. The highest BCUT2D eigenvalue weighted by molar-refractivity contribution is 6.25. The fourth-order valence-corrected chi connectivity index (χ4v) is 3.08. The molecule has 5 nitrogen and oxygen atoms in total. The molecule has 0 aliphatic carbocycles. The van der Waals surface area contributed by atoms with Crippen molar-refractivity contribution in [3.63, 3.8) is 0 Å². The number of halogens is 1. The molecule has 1 heterocycles. The maximum absolute atomic E-state index is 13.2. The van der Waals surface area contributed by atoms with Crippen molar-refractivity contribution in [3.8, 4) is 0 Å². The van der Waals surface area contributed by atoms with Gasteiger partial charge in [0, 0.05) is 31.5 Å². The van der Waals surface area contributed by atoms with E-state index in [4.69, 9.17) is 21.7 Å². The van der Waals surface area contributed by atoms with Crippen LogP contribution in [0.15, 0.2) is 70.8 Å². The molecule has 0 aliphatic heterocycles. The van der Waals surface area contributed by atoms with E-state index in [0.717, 1.165) is 23.1 Å². The first-order valence-corrected chi connectivity index (χ1v) is 10.4. The summed E-state index contributed by atoms with van der Waals surface area (Å²) in [6, 6.07) is 11.6. The smallest absolute Gasteiger partial charge is 0.261 e. The second-order valence-electron chi connectivity index (χ2n) is 6.75. The molecule has 158 valence electrons. The highest BCUT2D eigenvalue weighted by Gasteiger charge is 2.06. The predicted octanol–water partition coefficient (Wildman–Crippen LogP) is 5.13. The Labute approximate surface area is 182 Å². The molecule has 1 aromatic carbocycles. The summed E-state index contributed by atoms with van der Waals surface area (Å²) in [6.45, 7) is 5.72. The van der Waals surface area contributed by atoms with Crippen molar-refractivity contribution in [3.05, 3.63) is 87.5 Å². The quantitative estimate of drug-likeness (QED) is 0.344. The molecular weight excluding hydrogens is 398 g/mol. The maximum atomic E-state index is 13.2. The van der Waals surface area contributed by atoms with Gasteiger partial charge in [0.2, 0.25) is 0 Å². The van der Waals surface area contributed by atoms with E-state index in [0.29, 0.717) is 37.1 Å². The minimum Gasteiger partial charge on any atom is -0.382 e. The molecule has 2 aromatic rings. The third kappa shape index (κ3) is 6.94. The van der Waals surface area contributed by atoms with Crippen LogP contribution in [0.4, 0.5) is 0 Å². The van der Waals surface area contributed by atoms with E-state index in [1.54, 1.807) is 23.0 Å². The Kier molecular flexibility index (Phi) is 9.98. The van der Waals surface area contributed by atoms with Gasteiger partial charge in [-0.15, -0.1) is 0 Å². The van der Waals surface area contributed by atoms with Crippen molar-refractivity contribution in [1.82, 2.24) is 9.55 Å². The van der Waals surface area contributed by atoms with E-state index < -0.39 is 0 Å². The highest BCUT2D eigenvalue weighted by atomic mass is 35.5. The number of allylic oxidation sites excluding steroid dienone is 3. The van der Waals surface area contributed by atoms with E-state index in [1.165, 1.54) is 11.7 Å². The summed E-state index contributed by atoms with van der Waals surface area (Å²) in [5.74, 6) is 0. The Hall–Kier alpha value is -2.76. The lowest BCUT2D eigenvalue weighted by Crippen LogP contribution is -2.21. The zero-order valence-corrected chi connectivity index (χ0v) is 18.2. The molecule has 0 radical (unpaired) electrons. The summed E-state index contributed by atoms with van der Waals surface area (Å²) in [5.41, 5.74) is 4.58. The number of rotatable bonds is 9. The summed E-state index contributed by atoms with van der Waals surface area (Å²) in [4.78, 5) is 17.8. The van der Waals surface area contributed by atoms with Crippen molar-refractivity contribution in [2.75, 3.05) is 13.2 Å². The van der Waals surface area contributed by atoms with Gasteiger partial charge >= 0.3 is 0 Å². The van der Waals surface area contributed by atoms with E-state index in [9.17, 15) is 4.79 Å². The molecule has 2 rings (SSSR count). The highest BCUT2D eigenvalue weighted by Crippen LogP contribution is 2.13. The minimum absolute atomic E-state index is 0.0826. The predicted molar refractivity (Wildman–Crippen MR) is 125 cm³/mol. The molecule has 0 spiro atoms. The van der Waals surface area contributed by atoms with E-state index >= 15 is 0 Å². The zero-order valence-electron chi connectivity index (χ0n) is 17.5. The Morgan fingerprint density at radius 2 is 2.10 bits per heavy atom. The fourth-order valence-electron chi connectivity index (χ4n) is 3.01. The van der Waals surface area contributed by atoms with Crippen LogP contribution < -0.4 is 5.56 Å². The molecule has 0 bridgehead atoms. The van der Waals surface area contributed by atoms with Crippen molar-refractivity contribution in [2.24, 2.45) is 0 Å². The van der Waals surface area contributed by atoms with Crippen LogP contribution in [-0.2, 0) is 17.7 Å². The Morgan fingerprint density at radius 1 is 1.30 bits per heavy atom. The standard InChI is InChI=1S/C24H28ClN3O2/c1-3-30-14-8-13-28-18-27-23-19(2)9-5-4-6-10-20(16-22(23)24(28)29)15-21(17-26)11-7-12-25/h4-7,9-12,16-18,26H,3,8,13-15H2,1-2H3/b5-4?,6-4?,9-5?,10-6?,12-7+,19-9?,20-10?,20-16?,21-11-,22-16?,23-19?,26-17?. The van der Waals surface area contributed by atoms with E-state index in [2.05, 4.69) is 4.98 Å². The molecule has 0 atom stereocenters. The third-order valence-electron chi connectivity index (χ3n) is 4.52. The summed E-state index contributed by atoms with van der Waals surface area (Å²) in [5, 5.41) is 8.21. The van der Waals surface area contributed by atoms with E-state index in [1.807, 2.05) is 50.2 Å². The molecule has 0 saturated carbocycles. The number of aryl methyl sites for hydroxylation is 2. The van der Waals surface area contributed by atoms with Crippen LogP contribution in [0, 0.1) is 12.3 Å². The van der Waals surface area contributed by atoms with Crippen molar-refractivity contribution < 1.29 is 4.74 Å². The first kappa shape index (κ1) is 23.5. The number of fused-ring (bicyclic) bond motifs is 1. The number of hydrogen-bond donors (Lipinski definition) is 1. The van der Waals surface area contributed by atoms with Gasteiger partial charge in [-0.05, 0) is 49.5 Å². The fraction of sp³-hybridized carbons (Fsp3) is 0.292. The zero-order chi connectivity index (χ0) is 21.8. The summed E-state index contributed by atoms with van der Waals surface area (Å²) < 4.78 is 7.01. The number of hydrogen-bond acceptors (Lipinski definition) is 4. The maximum Gasteiger partial charge on any atom is 0.261 e. The molecule has 0 saturated heterocycles. The monoisotopic (exact) mass is 425 g/mol. The molecular formula is C24H28ClN3O2. The molecule has 0 amide bonds. The normalized spacial score (nSPS) is 11.6. The molecule has 30 heavy (non-hydrogen) atoms. The van der Waals surface area contributed by atoms with E-state index in [-0.39, 0.29) is 5.56 Å². The Morgan fingerprint density at radius 3 is 2.83 bits per heavy atom. The molecule has 0 fully saturated rings. The van der Waals surface area contributed by atoms with Gasteiger partial charge in [-0.25, -0.2) is 4.98 Å². The van der Waals surface area contributed by atoms with Crippen molar-refractivity contribution in [1.29, 1.82) is 5.41 Å². The van der Waals surface area contributed by atoms with Gasteiger partial charge in [-0.3, -0.25) is 9.36 Å². The van der Waals surface area contributed by atoms with Gasteiger partial charge in [0.05, 0.1) is 17.2 Å². The lowest BCUT2D eigenvalue weighted by atomic mass is 10.0. The second-order valence-corrected chi connectivity index (χ2v) is 7.00. The van der Waals surface area contributed by atoms with Crippen LogP contribution in [0.25, 0.3) is 10.9 Å². The van der Waals surface area contributed by atoms with Gasteiger partial charge in [-0.2, -0.15) is 0 Å². The van der Waals surface area contributed by atoms with Crippen molar-refractivity contribution in [2.45, 2.75) is 33.2 Å². The van der Waals surface area contributed by atoms with Gasteiger partial charge in [0.15, 0.2) is 0 Å². The van der Waals surface area contributed by atoms with Gasteiger partial charge in [0.1, 0.15) is 0 Å². The van der Waals surface area contributed by atoms with Gasteiger partial charge in [0.25, 0.3) is 5.56 Å². The molecule has 0 aliphatic rings. The first-order chi connectivity index (χ1) is 14.6. The largest absolute Gasteiger partial charge is 0.382 e. The number of aromatic nitrogens is 2. The Bertz CT molecular complexity index is 1040. The lowest BCUT2D eigenvalue weighted by Gasteiger charge is -2.08. The summed E-state index contributed by atoms with van der Waals surface area (Å²) in [7, 11) is 0. The molecule has 0 unspecified atom stereocenters. The third-order valence-corrected chi connectivity index (χ3v) is 4.67. The summed E-state index contributed by atoms with van der Waals surface area (Å²) in [6.07, 6.45) is 7.60. The number of ether oxygens (including phenoxy) is 1. The van der Waals surface area contributed by atoms with Gasteiger partial charge in [-0.1, -0.05) is 54.1 Å². The van der Waals surface area contributed by atoms with Gasteiger partial charge < -0.3 is 10.1 Å². The minimum atomic E-state index is -0.0826. The second kappa shape index (κ2) is 12.7. The van der Waals surface area contributed by atoms with Crippen LogP contribution in [0.2, 0.25) is 0 Å². The van der Waals surface area contributed by atoms with Crippen molar-refractivity contribution >= 4 is 28.7 Å². The topological polar surface area (TPSA) is 68.0 Å². The summed E-state index contributed by atoms with van der Waals surface area (Å²) >= 11 is 5.61. The SMILES string of the molecule is CCOCCCn1cnc2c(C)cccccc(C/C(C=N)=C/C=C/Cl)cc2c1=O. The van der Waals surface area contributed by atoms with Crippen LogP contribution in [0.3, 0.4) is 0 Å². The average molecular weight is 426 g/mol. The molecule has 1 N–H and O–H groups in total. The number of nitrogens with zero attached hydrogens (tertiary/aromatic N) is 2. The average Bonchev–Trinajstić information content (AvgIpc) is 2.75.